The molecule has 4 nitrogen and oxygen atoms in total. The van der Waals surface area contributed by atoms with Crippen molar-refractivity contribution >= 4 is 75.1 Å². The van der Waals surface area contributed by atoms with Crippen molar-refractivity contribution in [3.05, 3.63) is 194 Å². The van der Waals surface area contributed by atoms with E-state index in [4.69, 9.17) is 9.97 Å². The Morgan fingerprint density at radius 1 is 0.368 bits per heavy atom. The van der Waals surface area contributed by atoms with E-state index in [-0.39, 0.29) is 0 Å². The summed E-state index contributed by atoms with van der Waals surface area (Å²) in [6, 6.07) is 69.5. The van der Waals surface area contributed by atoms with Gasteiger partial charge in [-0.2, -0.15) is 0 Å². The topological polar surface area (TPSA) is 35.6 Å². The van der Waals surface area contributed by atoms with Crippen LogP contribution in [0.1, 0.15) is 0 Å². The maximum absolute atomic E-state index is 5.53. The molecule has 57 heavy (non-hydrogen) atoms. The number of thiophene rings is 1. The molecule has 0 unspecified atom stereocenters. The van der Waals surface area contributed by atoms with E-state index in [1.807, 2.05) is 17.4 Å². The van der Waals surface area contributed by atoms with Gasteiger partial charge >= 0.3 is 0 Å². The predicted octanol–water partition coefficient (Wildman–Crippen LogP) is 14.0. The zero-order chi connectivity index (χ0) is 37.5. The Balaban J connectivity index is 1.32. The van der Waals surface area contributed by atoms with Crippen molar-refractivity contribution in [3.63, 3.8) is 0 Å². The second-order valence-electron chi connectivity index (χ2n) is 14.5. The standard InChI is InChI=1S/C52H32N4S/c1-3-17-33(18-4-1)40-31-41(54-52(53-40)34-19-5-2-6-20-34)50-46(55-42-26-12-7-21-35(42)36-22-8-13-27-43(36)55)32-47(51-49(50)39-25-11-16-30-48(39)57-51)56-44-28-14-9-23-37(44)38-24-10-15-29-45(38)56/h1-32H. The van der Waals surface area contributed by atoms with E-state index in [1.165, 1.54) is 52.8 Å². The predicted molar refractivity (Wildman–Crippen MR) is 240 cm³/mol. The molecular weight excluding hydrogens is 713 g/mol. The third-order valence-corrected chi connectivity index (χ3v) is 12.5. The summed E-state index contributed by atoms with van der Waals surface area (Å²) in [6.07, 6.45) is 0. The van der Waals surface area contributed by atoms with Gasteiger partial charge in [-0.05, 0) is 42.5 Å². The minimum atomic E-state index is 0.694. The second-order valence-corrected chi connectivity index (χ2v) is 15.6. The normalized spacial score (nSPS) is 11.9. The van der Waals surface area contributed by atoms with Crippen molar-refractivity contribution in [1.29, 1.82) is 0 Å². The van der Waals surface area contributed by atoms with Crippen LogP contribution in [-0.4, -0.2) is 19.1 Å². The zero-order valence-electron chi connectivity index (χ0n) is 30.7. The van der Waals surface area contributed by atoms with E-state index < -0.39 is 0 Å². The molecule has 0 aliphatic heterocycles. The first-order chi connectivity index (χ1) is 28.3. The van der Waals surface area contributed by atoms with Crippen LogP contribution in [-0.2, 0) is 0 Å². The highest BCUT2D eigenvalue weighted by atomic mass is 32.1. The van der Waals surface area contributed by atoms with Gasteiger partial charge in [-0.1, -0.05) is 152 Å². The third kappa shape index (κ3) is 4.86. The van der Waals surface area contributed by atoms with Crippen LogP contribution in [0.3, 0.4) is 0 Å². The molecule has 0 saturated carbocycles. The molecular formula is C52H32N4S. The maximum atomic E-state index is 5.53. The number of benzene rings is 8. The Morgan fingerprint density at radius 3 is 1.37 bits per heavy atom. The lowest BCUT2D eigenvalue weighted by Crippen LogP contribution is -2.04. The highest BCUT2D eigenvalue weighted by Crippen LogP contribution is 2.49. The smallest absolute Gasteiger partial charge is 0.160 e. The highest BCUT2D eigenvalue weighted by molar-refractivity contribution is 7.26. The number of fused-ring (bicyclic) bond motifs is 9. The number of hydrogen-bond acceptors (Lipinski definition) is 3. The van der Waals surface area contributed by atoms with Crippen molar-refractivity contribution in [1.82, 2.24) is 19.1 Å². The van der Waals surface area contributed by atoms with Crippen LogP contribution in [0.2, 0.25) is 0 Å². The SMILES string of the molecule is c1ccc(-c2cc(-c3c(-n4c5ccccc5c5ccccc54)cc(-n4c5ccccc5c5ccccc54)c4sc5ccccc5c34)nc(-c3ccccc3)n2)cc1. The van der Waals surface area contributed by atoms with Gasteiger partial charge < -0.3 is 9.13 Å². The van der Waals surface area contributed by atoms with Crippen LogP contribution in [0.25, 0.3) is 109 Å². The summed E-state index contributed by atoms with van der Waals surface area (Å²) in [6.45, 7) is 0. The minimum Gasteiger partial charge on any atom is -0.308 e. The first-order valence-corrected chi connectivity index (χ1v) is 20.1. The molecule has 0 amide bonds. The van der Waals surface area contributed by atoms with E-state index in [9.17, 15) is 0 Å². The molecule has 0 aliphatic carbocycles. The van der Waals surface area contributed by atoms with E-state index in [0.29, 0.717) is 5.82 Å². The van der Waals surface area contributed by atoms with Crippen molar-refractivity contribution in [3.8, 4) is 45.3 Å². The van der Waals surface area contributed by atoms with Gasteiger partial charge in [0.2, 0.25) is 0 Å². The van der Waals surface area contributed by atoms with Gasteiger partial charge in [0.25, 0.3) is 0 Å². The number of rotatable bonds is 5. The summed E-state index contributed by atoms with van der Waals surface area (Å²) in [5.74, 6) is 0.694. The second kappa shape index (κ2) is 12.6. The molecule has 0 atom stereocenters. The Labute approximate surface area is 332 Å². The lowest BCUT2D eigenvalue weighted by molar-refractivity contribution is 1.14. The molecule has 8 aromatic carbocycles. The largest absolute Gasteiger partial charge is 0.308 e. The quantitative estimate of drug-likeness (QED) is 0.176. The maximum Gasteiger partial charge on any atom is 0.160 e. The molecule has 0 bridgehead atoms. The molecule has 0 aliphatic rings. The molecule has 12 aromatic rings. The summed E-state index contributed by atoms with van der Waals surface area (Å²) in [5.41, 5.74) is 11.7. The van der Waals surface area contributed by atoms with Crippen LogP contribution >= 0.6 is 11.3 Å². The molecule has 0 saturated heterocycles. The molecule has 5 heteroatoms. The molecule has 4 aromatic heterocycles. The zero-order valence-corrected chi connectivity index (χ0v) is 31.5. The molecule has 266 valence electrons. The van der Waals surface area contributed by atoms with Gasteiger partial charge in [0, 0.05) is 53.7 Å². The Hall–Kier alpha value is -7.34. The van der Waals surface area contributed by atoms with E-state index in [0.717, 1.165) is 50.5 Å². The first kappa shape index (κ1) is 32.0. The van der Waals surface area contributed by atoms with E-state index in [2.05, 4.69) is 197 Å². The molecule has 0 N–H and O–H groups in total. The first-order valence-electron chi connectivity index (χ1n) is 19.3. The van der Waals surface area contributed by atoms with Gasteiger partial charge in [0.15, 0.2) is 5.82 Å². The van der Waals surface area contributed by atoms with Crippen LogP contribution in [0.4, 0.5) is 0 Å². The lowest BCUT2D eigenvalue weighted by Gasteiger charge is -2.20. The molecule has 0 spiro atoms. The number of hydrogen-bond donors (Lipinski definition) is 0. The summed E-state index contributed by atoms with van der Waals surface area (Å²) in [4.78, 5) is 10.8. The van der Waals surface area contributed by atoms with Crippen LogP contribution in [0.15, 0.2) is 194 Å². The molecule has 0 fully saturated rings. The molecule has 12 rings (SSSR count). The summed E-state index contributed by atoms with van der Waals surface area (Å²) in [7, 11) is 0. The van der Waals surface area contributed by atoms with Gasteiger partial charge in [-0.25, -0.2) is 9.97 Å². The average Bonchev–Trinajstić information content (AvgIpc) is 3.95. The lowest BCUT2D eigenvalue weighted by atomic mass is 9.98. The van der Waals surface area contributed by atoms with E-state index in [1.54, 1.807) is 0 Å². The van der Waals surface area contributed by atoms with Gasteiger partial charge in [0.1, 0.15) is 0 Å². The van der Waals surface area contributed by atoms with Crippen molar-refractivity contribution < 1.29 is 0 Å². The van der Waals surface area contributed by atoms with Crippen LogP contribution in [0.5, 0.6) is 0 Å². The van der Waals surface area contributed by atoms with E-state index >= 15 is 0 Å². The number of aromatic nitrogens is 4. The average molecular weight is 745 g/mol. The summed E-state index contributed by atoms with van der Waals surface area (Å²) < 4.78 is 7.39. The highest BCUT2D eigenvalue weighted by Gasteiger charge is 2.26. The number of nitrogens with zero attached hydrogens (tertiary/aromatic N) is 4. The fourth-order valence-corrected chi connectivity index (χ4v) is 10.1. The summed E-state index contributed by atoms with van der Waals surface area (Å²) in [5, 5.41) is 7.29. The molecule has 0 radical (unpaired) electrons. The van der Waals surface area contributed by atoms with Crippen molar-refractivity contribution in [2.24, 2.45) is 0 Å². The monoisotopic (exact) mass is 744 g/mol. The Bertz CT molecular complexity index is 3360. The Kier molecular flexibility index (Phi) is 7.06. The molecule has 4 heterocycles. The third-order valence-electron chi connectivity index (χ3n) is 11.3. The van der Waals surface area contributed by atoms with Crippen molar-refractivity contribution in [2.75, 3.05) is 0 Å². The van der Waals surface area contributed by atoms with Crippen LogP contribution in [0, 0.1) is 0 Å². The van der Waals surface area contributed by atoms with Crippen molar-refractivity contribution in [2.45, 2.75) is 0 Å². The summed E-state index contributed by atoms with van der Waals surface area (Å²) >= 11 is 1.85. The van der Waals surface area contributed by atoms with Crippen LogP contribution < -0.4 is 0 Å². The van der Waals surface area contributed by atoms with Gasteiger partial charge in [-0.15, -0.1) is 11.3 Å². The van der Waals surface area contributed by atoms with Gasteiger partial charge in [0.05, 0.1) is 49.5 Å². The number of para-hydroxylation sites is 4. The fraction of sp³-hybridized carbons (Fsp3) is 0. The van der Waals surface area contributed by atoms with Gasteiger partial charge in [-0.3, -0.25) is 0 Å². The fourth-order valence-electron chi connectivity index (χ4n) is 8.88. The Morgan fingerprint density at radius 2 is 0.807 bits per heavy atom. The minimum absolute atomic E-state index is 0.694.